The van der Waals surface area contributed by atoms with Crippen molar-refractivity contribution < 1.29 is 0 Å². The number of allylic oxidation sites excluding steroid dienone is 8. The van der Waals surface area contributed by atoms with E-state index in [0.717, 1.165) is 99.3 Å². The summed E-state index contributed by atoms with van der Waals surface area (Å²) in [7, 11) is 0. The van der Waals surface area contributed by atoms with Gasteiger partial charge in [-0.15, -0.1) is 0 Å². The lowest BCUT2D eigenvalue weighted by atomic mass is 9.89. The van der Waals surface area contributed by atoms with Crippen LogP contribution in [0.25, 0.3) is 50.1 Å². The number of fused-ring (bicyclic) bond motifs is 1. The minimum absolute atomic E-state index is 0.876. The highest BCUT2D eigenvalue weighted by molar-refractivity contribution is 5.93. The predicted molar refractivity (Wildman–Crippen MR) is 203 cm³/mol. The Morgan fingerprint density at radius 1 is 0.750 bits per heavy atom. The second-order valence-electron chi connectivity index (χ2n) is 13.0. The first-order valence-corrected chi connectivity index (χ1v) is 17.4. The van der Waals surface area contributed by atoms with Gasteiger partial charge in [0.25, 0.3) is 0 Å². The molecule has 7 rings (SSSR count). The Bertz CT molecular complexity index is 2140. The number of aromatic nitrogens is 3. The molecule has 0 aliphatic heterocycles. The molecule has 3 nitrogen and oxygen atoms in total. The van der Waals surface area contributed by atoms with Crippen LogP contribution in [0, 0.1) is 13.8 Å². The monoisotopic (exact) mass is 625 g/mol. The summed E-state index contributed by atoms with van der Waals surface area (Å²) < 4.78 is 0. The third kappa shape index (κ3) is 6.38. The van der Waals surface area contributed by atoms with E-state index in [1.54, 1.807) is 0 Å². The Kier molecular flexibility index (Phi) is 9.12. The Morgan fingerprint density at radius 2 is 1.54 bits per heavy atom. The van der Waals surface area contributed by atoms with Gasteiger partial charge in [0.2, 0.25) is 0 Å². The molecule has 0 fully saturated rings. The van der Waals surface area contributed by atoms with Crippen LogP contribution in [0.4, 0.5) is 0 Å². The molecule has 2 aliphatic rings. The van der Waals surface area contributed by atoms with E-state index in [0.29, 0.717) is 0 Å². The van der Waals surface area contributed by atoms with Gasteiger partial charge in [0, 0.05) is 22.2 Å². The number of benzene rings is 3. The molecule has 0 radical (unpaired) electrons. The third-order valence-electron chi connectivity index (χ3n) is 9.60. The Labute approximate surface area is 285 Å². The molecule has 0 atom stereocenters. The third-order valence-corrected chi connectivity index (χ3v) is 9.60. The van der Waals surface area contributed by atoms with Gasteiger partial charge in [-0.3, -0.25) is 4.98 Å². The zero-order valence-corrected chi connectivity index (χ0v) is 28.4. The van der Waals surface area contributed by atoms with E-state index in [1.807, 2.05) is 0 Å². The van der Waals surface area contributed by atoms with Crippen LogP contribution < -0.4 is 0 Å². The zero-order valence-electron chi connectivity index (χ0n) is 28.4. The standard InChI is InChI=1S/C45H43N3/c1-5-30(2)28-40(39-27-26-36-25-24-31(3)46-41(36)32(39)4)37-22-15-23-38(29-37)45-44(35-20-13-8-14-21-35)47-42(33-16-9-6-10-17-33)43(48-45)34-18-11-7-12-19-34/h8-9,13-18,20-29H,2,5-7,10-12,19H2,1,3-4H3/b40-28-. The fourth-order valence-electron chi connectivity index (χ4n) is 6.88. The van der Waals surface area contributed by atoms with Crippen molar-refractivity contribution in [3.8, 4) is 22.5 Å². The predicted octanol–water partition coefficient (Wildman–Crippen LogP) is 12.1. The molecule has 0 spiro atoms. The number of pyridine rings is 1. The van der Waals surface area contributed by atoms with Gasteiger partial charge in [-0.2, -0.15) is 0 Å². The average Bonchev–Trinajstić information content (AvgIpc) is 3.15. The molecule has 2 aliphatic carbocycles. The van der Waals surface area contributed by atoms with Crippen molar-refractivity contribution in [2.75, 3.05) is 0 Å². The van der Waals surface area contributed by atoms with E-state index >= 15 is 0 Å². The van der Waals surface area contributed by atoms with Gasteiger partial charge in [-0.25, -0.2) is 9.97 Å². The highest BCUT2D eigenvalue weighted by Gasteiger charge is 2.23. The summed E-state index contributed by atoms with van der Waals surface area (Å²) in [4.78, 5) is 16.0. The van der Waals surface area contributed by atoms with E-state index in [9.17, 15) is 0 Å². The quantitative estimate of drug-likeness (QED) is 0.161. The van der Waals surface area contributed by atoms with Crippen molar-refractivity contribution in [2.45, 2.75) is 65.7 Å². The lowest BCUT2D eigenvalue weighted by Crippen LogP contribution is -2.07. The summed E-state index contributed by atoms with van der Waals surface area (Å²) >= 11 is 0. The summed E-state index contributed by atoms with van der Waals surface area (Å²) in [6.07, 6.45) is 19.0. The molecule has 0 saturated heterocycles. The Hall–Kier alpha value is -5.15. The number of rotatable bonds is 8. The van der Waals surface area contributed by atoms with E-state index in [-0.39, 0.29) is 0 Å². The number of hydrogen-bond acceptors (Lipinski definition) is 3. The highest BCUT2D eigenvalue weighted by Crippen LogP contribution is 2.39. The van der Waals surface area contributed by atoms with Gasteiger partial charge in [0.1, 0.15) is 0 Å². The molecular formula is C45H43N3. The summed E-state index contributed by atoms with van der Waals surface area (Å²) in [6.45, 7) is 10.8. The summed E-state index contributed by atoms with van der Waals surface area (Å²) in [5.41, 5.74) is 16.2. The molecule has 3 heteroatoms. The van der Waals surface area contributed by atoms with E-state index < -0.39 is 0 Å². The summed E-state index contributed by atoms with van der Waals surface area (Å²) in [5, 5.41) is 1.15. The second-order valence-corrected chi connectivity index (χ2v) is 13.0. The van der Waals surface area contributed by atoms with E-state index in [2.05, 4.69) is 137 Å². The van der Waals surface area contributed by atoms with Crippen LogP contribution in [-0.2, 0) is 0 Å². The molecule has 2 aromatic heterocycles. The van der Waals surface area contributed by atoms with Gasteiger partial charge < -0.3 is 0 Å². The van der Waals surface area contributed by atoms with Crippen LogP contribution in [0.2, 0.25) is 0 Å². The zero-order chi connectivity index (χ0) is 33.0. The topological polar surface area (TPSA) is 38.7 Å². The van der Waals surface area contributed by atoms with Crippen molar-refractivity contribution in [1.82, 2.24) is 15.0 Å². The maximum Gasteiger partial charge on any atom is 0.0973 e. The lowest BCUT2D eigenvalue weighted by molar-refractivity contribution is 0.739. The molecule has 48 heavy (non-hydrogen) atoms. The number of hydrogen-bond donors (Lipinski definition) is 0. The molecule has 0 saturated carbocycles. The molecule has 3 aromatic carbocycles. The highest BCUT2D eigenvalue weighted by atomic mass is 14.9. The molecule has 2 heterocycles. The molecule has 0 bridgehead atoms. The largest absolute Gasteiger partial charge is 0.253 e. The van der Waals surface area contributed by atoms with Gasteiger partial charge in [-0.1, -0.05) is 116 Å². The normalized spacial score (nSPS) is 14.9. The first-order valence-electron chi connectivity index (χ1n) is 17.4. The SMILES string of the molecule is C=C(/C=C(/c1cccc(-c2nc(C3=CCCCC3)c(C3=CCCC=C3)nc2-c2ccccc2)c1)c1ccc2ccc(C)nc2c1C)CC. The average molecular weight is 626 g/mol. The smallest absolute Gasteiger partial charge is 0.0973 e. The minimum Gasteiger partial charge on any atom is -0.253 e. The fourth-order valence-corrected chi connectivity index (χ4v) is 6.88. The van der Waals surface area contributed by atoms with Crippen molar-refractivity contribution in [3.05, 3.63) is 155 Å². The summed E-state index contributed by atoms with van der Waals surface area (Å²) in [5.74, 6) is 0. The van der Waals surface area contributed by atoms with Gasteiger partial charge in [0.05, 0.1) is 28.3 Å². The van der Waals surface area contributed by atoms with Crippen LogP contribution in [0.15, 0.2) is 121 Å². The van der Waals surface area contributed by atoms with Crippen molar-refractivity contribution in [1.29, 1.82) is 0 Å². The Morgan fingerprint density at radius 3 is 2.31 bits per heavy atom. The summed E-state index contributed by atoms with van der Waals surface area (Å²) in [6, 6.07) is 28.0. The van der Waals surface area contributed by atoms with E-state index in [4.69, 9.17) is 15.0 Å². The number of aryl methyl sites for hydroxylation is 2. The fraction of sp³-hybridized carbons (Fsp3) is 0.222. The number of nitrogens with zero attached hydrogens (tertiary/aromatic N) is 3. The second kappa shape index (κ2) is 13.9. The van der Waals surface area contributed by atoms with Crippen molar-refractivity contribution in [3.63, 3.8) is 0 Å². The van der Waals surface area contributed by atoms with Crippen molar-refractivity contribution in [2.24, 2.45) is 0 Å². The molecule has 238 valence electrons. The first kappa shape index (κ1) is 31.4. The molecule has 0 N–H and O–H groups in total. The molecular weight excluding hydrogens is 583 g/mol. The van der Waals surface area contributed by atoms with Crippen LogP contribution in [0.5, 0.6) is 0 Å². The molecule has 0 amide bonds. The molecule has 0 unspecified atom stereocenters. The first-order chi connectivity index (χ1) is 23.5. The lowest BCUT2D eigenvalue weighted by Gasteiger charge is -2.21. The maximum absolute atomic E-state index is 5.58. The van der Waals surface area contributed by atoms with Gasteiger partial charge in [0.15, 0.2) is 0 Å². The van der Waals surface area contributed by atoms with Gasteiger partial charge in [-0.05, 0) is 104 Å². The maximum atomic E-state index is 5.58. The van der Waals surface area contributed by atoms with Crippen LogP contribution in [0.3, 0.4) is 0 Å². The minimum atomic E-state index is 0.876. The van der Waals surface area contributed by atoms with Crippen molar-refractivity contribution >= 4 is 27.6 Å². The van der Waals surface area contributed by atoms with Gasteiger partial charge >= 0.3 is 0 Å². The van der Waals surface area contributed by atoms with Crippen LogP contribution >= 0.6 is 0 Å². The Balaban J connectivity index is 1.45. The van der Waals surface area contributed by atoms with Crippen LogP contribution in [-0.4, -0.2) is 15.0 Å². The van der Waals surface area contributed by atoms with E-state index in [1.165, 1.54) is 35.1 Å². The van der Waals surface area contributed by atoms with Crippen LogP contribution in [0.1, 0.15) is 85.6 Å². The molecule has 5 aromatic rings.